The van der Waals surface area contributed by atoms with E-state index >= 15 is 0 Å². The Bertz CT molecular complexity index is 880. The molecule has 0 saturated heterocycles. The zero-order chi connectivity index (χ0) is 19.5. The number of amides is 2. The SMILES string of the molecule is COc1nc(N)nc(NN(C(N)=O)c2cccc(C(F)(F)F)c2)c1C#N. The molecule has 0 aliphatic rings. The van der Waals surface area contributed by atoms with Gasteiger partial charge in [-0.3, -0.25) is 5.43 Å². The van der Waals surface area contributed by atoms with Crippen molar-refractivity contribution in [2.45, 2.75) is 6.18 Å². The van der Waals surface area contributed by atoms with Crippen molar-refractivity contribution in [3.63, 3.8) is 0 Å². The van der Waals surface area contributed by atoms with Crippen molar-refractivity contribution in [1.82, 2.24) is 9.97 Å². The van der Waals surface area contributed by atoms with Crippen LogP contribution in [0.15, 0.2) is 24.3 Å². The maximum Gasteiger partial charge on any atom is 0.416 e. The topological polar surface area (TPSA) is 143 Å². The molecule has 0 saturated carbocycles. The molecule has 5 N–H and O–H groups in total. The Morgan fingerprint density at radius 3 is 2.62 bits per heavy atom. The van der Waals surface area contributed by atoms with Crippen LogP contribution in [0.1, 0.15) is 11.1 Å². The van der Waals surface area contributed by atoms with Crippen LogP contribution in [0.2, 0.25) is 0 Å². The number of hydrogen-bond donors (Lipinski definition) is 3. The average molecular weight is 367 g/mol. The van der Waals surface area contributed by atoms with E-state index in [2.05, 4.69) is 15.4 Å². The lowest BCUT2D eigenvalue weighted by atomic mass is 10.2. The predicted molar refractivity (Wildman–Crippen MR) is 84.8 cm³/mol. The molecular weight excluding hydrogens is 355 g/mol. The van der Waals surface area contributed by atoms with E-state index in [0.29, 0.717) is 11.1 Å². The maximum absolute atomic E-state index is 12.9. The second-order valence-electron chi connectivity index (χ2n) is 4.76. The summed E-state index contributed by atoms with van der Waals surface area (Å²) in [6.07, 6.45) is -4.63. The highest BCUT2D eigenvalue weighted by molar-refractivity contribution is 5.93. The van der Waals surface area contributed by atoms with Crippen LogP contribution >= 0.6 is 0 Å². The van der Waals surface area contributed by atoms with Crippen molar-refractivity contribution >= 4 is 23.5 Å². The standard InChI is InChI=1S/C14H12F3N7O2/c1-26-11-9(6-18)10(21-12(19)22-11)23-24(13(20)25)8-4-2-3-7(5-8)14(15,16)17/h2-5H,1H3,(H2,20,25)(H3,19,21,22,23). The van der Waals surface area contributed by atoms with Crippen LogP contribution in [0.25, 0.3) is 0 Å². The average Bonchev–Trinajstić information content (AvgIpc) is 2.58. The van der Waals surface area contributed by atoms with Crippen LogP contribution in [0.3, 0.4) is 0 Å². The number of alkyl halides is 3. The quantitative estimate of drug-likeness (QED) is 0.700. The Morgan fingerprint density at radius 2 is 2.08 bits per heavy atom. The van der Waals surface area contributed by atoms with Crippen LogP contribution < -0.4 is 26.6 Å². The van der Waals surface area contributed by atoms with Crippen LogP contribution in [0, 0.1) is 11.3 Å². The summed E-state index contributed by atoms with van der Waals surface area (Å²) in [6.45, 7) is 0. The molecule has 2 amide bonds. The summed E-state index contributed by atoms with van der Waals surface area (Å²) in [6, 6.07) is 4.43. The summed E-state index contributed by atoms with van der Waals surface area (Å²) in [5, 5.41) is 9.80. The fraction of sp³-hybridized carbons (Fsp3) is 0.143. The molecule has 2 aromatic rings. The van der Waals surface area contributed by atoms with Gasteiger partial charge < -0.3 is 16.2 Å². The van der Waals surface area contributed by atoms with Gasteiger partial charge in [0.15, 0.2) is 11.4 Å². The molecule has 1 aromatic heterocycles. The van der Waals surface area contributed by atoms with Crippen molar-refractivity contribution in [3.05, 3.63) is 35.4 Å². The second-order valence-corrected chi connectivity index (χ2v) is 4.76. The van der Waals surface area contributed by atoms with Gasteiger partial charge in [0.1, 0.15) is 6.07 Å². The molecule has 0 fully saturated rings. The van der Waals surface area contributed by atoms with Crippen molar-refractivity contribution in [3.8, 4) is 11.9 Å². The maximum atomic E-state index is 12.9. The van der Waals surface area contributed by atoms with Crippen molar-refractivity contribution in [2.75, 3.05) is 23.3 Å². The Kier molecular flexibility index (Phi) is 5.01. The van der Waals surface area contributed by atoms with Crippen LogP contribution in [-0.2, 0) is 6.18 Å². The molecule has 0 unspecified atom stereocenters. The number of hydrazine groups is 1. The van der Waals surface area contributed by atoms with Gasteiger partial charge in [-0.15, -0.1) is 0 Å². The first-order valence-corrected chi connectivity index (χ1v) is 6.82. The van der Waals surface area contributed by atoms with Gasteiger partial charge in [0.05, 0.1) is 18.4 Å². The second kappa shape index (κ2) is 7.01. The molecule has 26 heavy (non-hydrogen) atoms. The van der Waals surface area contributed by atoms with E-state index in [4.69, 9.17) is 16.2 Å². The van der Waals surface area contributed by atoms with E-state index < -0.39 is 17.8 Å². The largest absolute Gasteiger partial charge is 0.480 e. The number of nitriles is 1. The zero-order valence-electron chi connectivity index (χ0n) is 13.2. The van der Waals surface area contributed by atoms with E-state index in [-0.39, 0.29) is 28.9 Å². The Hall–Kier alpha value is -3.75. The third-order valence-corrected chi connectivity index (χ3v) is 3.07. The van der Waals surface area contributed by atoms with Crippen LogP contribution in [0.4, 0.5) is 35.4 Å². The first-order valence-electron chi connectivity index (χ1n) is 6.82. The summed E-state index contributed by atoms with van der Waals surface area (Å²) in [4.78, 5) is 19.2. The molecule has 2 rings (SSSR count). The number of nitrogens with one attached hydrogen (secondary N) is 1. The van der Waals surface area contributed by atoms with Crippen molar-refractivity contribution in [2.24, 2.45) is 5.73 Å². The molecule has 1 aromatic carbocycles. The minimum absolute atomic E-state index is 0.184. The molecule has 0 aliphatic carbocycles. The first-order chi connectivity index (χ1) is 12.2. The van der Waals surface area contributed by atoms with E-state index in [9.17, 15) is 23.2 Å². The molecule has 0 bridgehead atoms. The summed E-state index contributed by atoms with van der Waals surface area (Å²) in [5.74, 6) is -0.749. The normalized spacial score (nSPS) is 10.7. The van der Waals surface area contributed by atoms with Gasteiger partial charge in [0.2, 0.25) is 11.8 Å². The van der Waals surface area contributed by atoms with Gasteiger partial charge in [-0.25, -0.2) is 9.80 Å². The smallest absolute Gasteiger partial charge is 0.416 e. The molecule has 1 heterocycles. The number of benzene rings is 1. The van der Waals surface area contributed by atoms with Crippen molar-refractivity contribution < 1.29 is 22.7 Å². The lowest BCUT2D eigenvalue weighted by Gasteiger charge is -2.23. The summed E-state index contributed by atoms with van der Waals surface area (Å²) < 4.78 is 43.5. The first kappa shape index (κ1) is 18.6. The van der Waals surface area contributed by atoms with Gasteiger partial charge in [0.25, 0.3) is 0 Å². The predicted octanol–water partition coefficient (Wildman–Crippen LogP) is 1.87. The number of rotatable bonds is 4. The highest BCUT2D eigenvalue weighted by atomic mass is 19.4. The number of nitrogens with two attached hydrogens (primary N) is 2. The number of carbonyl (C=O) groups excluding carboxylic acids is 1. The third kappa shape index (κ3) is 3.83. The number of ether oxygens (including phenoxy) is 1. The highest BCUT2D eigenvalue weighted by Gasteiger charge is 2.31. The number of methoxy groups -OCH3 is 1. The summed E-state index contributed by atoms with van der Waals surface area (Å²) >= 11 is 0. The minimum atomic E-state index is -4.63. The third-order valence-electron chi connectivity index (χ3n) is 3.07. The van der Waals surface area contributed by atoms with Gasteiger partial charge in [-0.2, -0.15) is 28.4 Å². The molecule has 0 radical (unpaired) electrons. The molecule has 136 valence electrons. The Morgan fingerprint density at radius 1 is 1.38 bits per heavy atom. The van der Waals surface area contributed by atoms with Gasteiger partial charge in [0, 0.05) is 0 Å². The van der Waals surface area contributed by atoms with Gasteiger partial charge in [-0.05, 0) is 18.2 Å². The molecule has 0 spiro atoms. The minimum Gasteiger partial charge on any atom is -0.480 e. The van der Waals surface area contributed by atoms with E-state index in [1.807, 2.05) is 0 Å². The Balaban J connectivity index is 2.50. The Labute approximate surface area is 145 Å². The van der Waals surface area contributed by atoms with E-state index in [1.54, 1.807) is 6.07 Å². The lowest BCUT2D eigenvalue weighted by Crippen LogP contribution is -2.41. The monoisotopic (exact) mass is 367 g/mol. The number of nitrogens with zero attached hydrogens (tertiary/aromatic N) is 4. The summed E-state index contributed by atoms with van der Waals surface area (Å²) in [7, 11) is 1.23. The van der Waals surface area contributed by atoms with E-state index in [0.717, 1.165) is 12.1 Å². The number of hydrogen-bond acceptors (Lipinski definition) is 7. The number of primary amides is 1. The zero-order valence-corrected chi connectivity index (χ0v) is 13.2. The fourth-order valence-electron chi connectivity index (χ4n) is 1.96. The summed E-state index contributed by atoms with van der Waals surface area (Å²) in [5.41, 5.74) is 11.6. The molecule has 0 atom stereocenters. The van der Waals surface area contributed by atoms with Gasteiger partial charge in [-0.1, -0.05) is 6.07 Å². The highest BCUT2D eigenvalue weighted by Crippen LogP contribution is 2.32. The fourth-order valence-corrected chi connectivity index (χ4v) is 1.96. The number of aromatic nitrogens is 2. The molecule has 0 aliphatic heterocycles. The van der Waals surface area contributed by atoms with Crippen LogP contribution in [-0.4, -0.2) is 23.1 Å². The van der Waals surface area contributed by atoms with Gasteiger partial charge >= 0.3 is 12.2 Å². The number of nitrogen functional groups attached to an aromatic ring is 1. The molecule has 12 heteroatoms. The number of anilines is 3. The molecule has 9 nitrogen and oxygen atoms in total. The number of urea groups is 1. The lowest BCUT2D eigenvalue weighted by molar-refractivity contribution is -0.137. The number of halogens is 3. The molecular formula is C14H12F3N7O2. The van der Waals surface area contributed by atoms with E-state index in [1.165, 1.54) is 13.2 Å². The number of carbonyl (C=O) groups is 1. The van der Waals surface area contributed by atoms with Crippen molar-refractivity contribution in [1.29, 1.82) is 5.26 Å². The van der Waals surface area contributed by atoms with Crippen LogP contribution in [0.5, 0.6) is 5.88 Å².